The molecule has 0 fully saturated rings. The summed E-state index contributed by atoms with van der Waals surface area (Å²) in [5.41, 5.74) is 4.29. The third-order valence-electron chi connectivity index (χ3n) is 1.45. The van der Waals surface area contributed by atoms with Crippen LogP contribution in [0.3, 0.4) is 0 Å². The minimum Gasteiger partial charge on any atom is -0.411 e. The summed E-state index contributed by atoms with van der Waals surface area (Å²) in [5, 5.41) is 15.0. The molecule has 0 aliphatic heterocycles. The van der Waals surface area contributed by atoms with E-state index in [9.17, 15) is 0 Å². The molecule has 0 heterocycles. The molecule has 0 saturated carbocycles. The van der Waals surface area contributed by atoms with Gasteiger partial charge in [0.15, 0.2) is 0 Å². The van der Waals surface area contributed by atoms with E-state index in [0.29, 0.717) is 5.71 Å². The fourth-order valence-corrected chi connectivity index (χ4v) is 1.05. The lowest BCUT2D eigenvalue weighted by Crippen LogP contribution is -1.98. The molecule has 4 nitrogen and oxygen atoms in total. The molecule has 1 aromatic rings. The zero-order valence-corrected chi connectivity index (χ0v) is 9.19. The molecule has 0 atom stereocenters. The highest BCUT2D eigenvalue weighted by molar-refractivity contribution is 9.10. The smallest absolute Gasteiger partial charge is 0.0891 e. The minimum absolute atomic E-state index is 0.593. The Hall–Kier alpha value is -1.36. The van der Waals surface area contributed by atoms with Crippen LogP contribution < -0.4 is 5.43 Å². The average Bonchev–Trinajstić information content (AvgIpc) is 2.17. The number of oxime groups is 1. The quantitative estimate of drug-likeness (QED) is 0.496. The number of nitrogens with zero attached hydrogens (tertiary/aromatic N) is 2. The van der Waals surface area contributed by atoms with E-state index in [2.05, 4.69) is 31.6 Å². The Bertz CT molecular complexity index is 346. The number of hydrogen-bond acceptors (Lipinski definition) is 4. The largest absolute Gasteiger partial charge is 0.411 e. The standard InChI is InChI=1S/C9H10BrN3O/c1-7(6-11-14)12-13-9-4-2-8(10)3-5-9/h2-6,13-14H,1H3/b11-6+,12-7+. The molecule has 0 bridgehead atoms. The van der Waals surface area contributed by atoms with E-state index in [1.165, 1.54) is 6.21 Å². The molecule has 5 heteroatoms. The molecular weight excluding hydrogens is 246 g/mol. The molecule has 0 amide bonds. The monoisotopic (exact) mass is 255 g/mol. The highest BCUT2D eigenvalue weighted by Crippen LogP contribution is 2.13. The van der Waals surface area contributed by atoms with Crippen molar-refractivity contribution in [1.82, 2.24) is 0 Å². The Balaban J connectivity index is 2.61. The Morgan fingerprint density at radius 3 is 2.64 bits per heavy atom. The normalized spacial score (nSPS) is 12.0. The molecule has 0 radical (unpaired) electrons. The molecule has 2 N–H and O–H groups in total. The van der Waals surface area contributed by atoms with E-state index in [0.717, 1.165) is 10.2 Å². The van der Waals surface area contributed by atoms with E-state index in [1.807, 2.05) is 24.3 Å². The van der Waals surface area contributed by atoms with Crippen molar-refractivity contribution in [3.63, 3.8) is 0 Å². The van der Waals surface area contributed by atoms with Crippen LogP contribution in [0.1, 0.15) is 6.92 Å². The third kappa shape index (κ3) is 3.57. The van der Waals surface area contributed by atoms with E-state index in [-0.39, 0.29) is 0 Å². The van der Waals surface area contributed by atoms with Crippen molar-refractivity contribution in [3.8, 4) is 0 Å². The zero-order chi connectivity index (χ0) is 10.4. The van der Waals surface area contributed by atoms with Gasteiger partial charge in [-0.05, 0) is 31.2 Å². The molecule has 14 heavy (non-hydrogen) atoms. The number of halogens is 1. The van der Waals surface area contributed by atoms with Gasteiger partial charge >= 0.3 is 0 Å². The first kappa shape index (κ1) is 10.7. The number of benzene rings is 1. The van der Waals surface area contributed by atoms with Crippen LogP contribution >= 0.6 is 15.9 Å². The molecule has 74 valence electrons. The predicted octanol–water partition coefficient (Wildman–Crippen LogP) is 2.70. The Morgan fingerprint density at radius 1 is 1.43 bits per heavy atom. The summed E-state index contributed by atoms with van der Waals surface area (Å²) in [4.78, 5) is 0. The second-order valence-electron chi connectivity index (χ2n) is 2.62. The van der Waals surface area contributed by atoms with Gasteiger partial charge < -0.3 is 5.21 Å². The number of hydrogen-bond donors (Lipinski definition) is 2. The molecule has 1 rings (SSSR count). The highest BCUT2D eigenvalue weighted by atomic mass is 79.9. The lowest BCUT2D eigenvalue weighted by molar-refractivity contribution is 0.322. The summed E-state index contributed by atoms with van der Waals surface area (Å²) in [6.45, 7) is 1.73. The summed E-state index contributed by atoms with van der Waals surface area (Å²) in [7, 11) is 0. The van der Waals surface area contributed by atoms with E-state index < -0.39 is 0 Å². The van der Waals surface area contributed by atoms with Crippen LogP contribution in [0.4, 0.5) is 5.69 Å². The molecule has 0 unspecified atom stereocenters. The van der Waals surface area contributed by atoms with E-state index >= 15 is 0 Å². The van der Waals surface area contributed by atoms with Crippen molar-refractivity contribution in [2.75, 3.05) is 5.43 Å². The molecule has 0 aromatic heterocycles. The van der Waals surface area contributed by atoms with Gasteiger partial charge in [0.2, 0.25) is 0 Å². The maximum atomic E-state index is 8.22. The zero-order valence-electron chi connectivity index (χ0n) is 7.61. The van der Waals surface area contributed by atoms with Crippen LogP contribution in [0.2, 0.25) is 0 Å². The SMILES string of the molecule is CC(/C=N/O)=N\Nc1ccc(Br)cc1. The average molecular weight is 256 g/mol. The molecular formula is C9H10BrN3O. The predicted molar refractivity (Wildman–Crippen MR) is 61.2 cm³/mol. The van der Waals surface area contributed by atoms with Gasteiger partial charge in [0.1, 0.15) is 0 Å². The van der Waals surface area contributed by atoms with Gasteiger partial charge in [-0.2, -0.15) is 5.10 Å². The van der Waals surface area contributed by atoms with Crippen molar-refractivity contribution in [1.29, 1.82) is 0 Å². The van der Waals surface area contributed by atoms with Crippen molar-refractivity contribution < 1.29 is 5.21 Å². The van der Waals surface area contributed by atoms with Crippen molar-refractivity contribution in [2.45, 2.75) is 6.92 Å². The molecule has 0 spiro atoms. The second-order valence-corrected chi connectivity index (χ2v) is 3.53. The van der Waals surface area contributed by atoms with Crippen LogP contribution in [-0.2, 0) is 0 Å². The fourth-order valence-electron chi connectivity index (χ4n) is 0.790. The second kappa shape index (κ2) is 5.39. The Labute approximate surface area is 90.5 Å². The topological polar surface area (TPSA) is 57.0 Å². The first-order valence-corrected chi connectivity index (χ1v) is 4.75. The van der Waals surface area contributed by atoms with Crippen LogP contribution in [0.15, 0.2) is 39.0 Å². The van der Waals surface area contributed by atoms with Gasteiger partial charge in [-0.3, -0.25) is 5.43 Å². The van der Waals surface area contributed by atoms with E-state index in [1.54, 1.807) is 6.92 Å². The molecule has 0 aliphatic carbocycles. The third-order valence-corrected chi connectivity index (χ3v) is 1.98. The molecule has 1 aromatic carbocycles. The summed E-state index contributed by atoms with van der Waals surface area (Å²) in [6, 6.07) is 7.59. The first-order valence-electron chi connectivity index (χ1n) is 3.95. The first-order chi connectivity index (χ1) is 6.72. The fraction of sp³-hybridized carbons (Fsp3) is 0.111. The summed E-state index contributed by atoms with van der Waals surface area (Å²) in [5.74, 6) is 0. The summed E-state index contributed by atoms with van der Waals surface area (Å²) < 4.78 is 1.01. The molecule has 0 saturated heterocycles. The van der Waals surface area contributed by atoms with Crippen LogP contribution in [0.5, 0.6) is 0 Å². The molecule has 0 aliphatic rings. The van der Waals surface area contributed by atoms with Crippen molar-refractivity contribution in [3.05, 3.63) is 28.7 Å². The highest BCUT2D eigenvalue weighted by Gasteiger charge is 1.90. The number of anilines is 1. The van der Waals surface area contributed by atoms with Gasteiger partial charge in [0.25, 0.3) is 0 Å². The van der Waals surface area contributed by atoms with Crippen molar-refractivity contribution >= 4 is 33.5 Å². The lowest BCUT2D eigenvalue weighted by atomic mass is 10.3. The van der Waals surface area contributed by atoms with Crippen molar-refractivity contribution in [2.24, 2.45) is 10.3 Å². The lowest BCUT2D eigenvalue weighted by Gasteiger charge is -1.99. The van der Waals surface area contributed by atoms with Gasteiger partial charge in [-0.25, -0.2) is 0 Å². The number of rotatable bonds is 3. The Kier molecular flexibility index (Phi) is 4.12. The maximum Gasteiger partial charge on any atom is 0.0891 e. The number of nitrogens with one attached hydrogen (secondary N) is 1. The summed E-state index contributed by atoms with van der Waals surface area (Å²) >= 11 is 3.33. The van der Waals surface area contributed by atoms with E-state index in [4.69, 9.17) is 5.21 Å². The van der Waals surface area contributed by atoms with Gasteiger partial charge in [0.05, 0.1) is 17.6 Å². The summed E-state index contributed by atoms with van der Waals surface area (Å²) in [6.07, 6.45) is 1.26. The Morgan fingerprint density at radius 2 is 2.07 bits per heavy atom. The van der Waals surface area contributed by atoms with Crippen LogP contribution in [0, 0.1) is 0 Å². The van der Waals surface area contributed by atoms with Crippen LogP contribution in [-0.4, -0.2) is 17.1 Å². The van der Waals surface area contributed by atoms with Gasteiger partial charge in [-0.15, -0.1) is 0 Å². The van der Waals surface area contributed by atoms with Gasteiger partial charge in [0, 0.05) is 4.47 Å². The maximum absolute atomic E-state index is 8.22. The number of hydrazone groups is 1. The minimum atomic E-state index is 0.593. The van der Waals surface area contributed by atoms with Gasteiger partial charge in [-0.1, -0.05) is 21.1 Å². The van der Waals surface area contributed by atoms with Crippen LogP contribution in [0.25, 0.3) is 0 Å².